The molecule has 7 heteroatoms. The summed E-state index contributed by atoms with van der Waals surface area (Å²) >= 11 is 0. The number of halogens is 1. The van der Waals surface area contributed by atoms with Crippen LogP contribution in [0.15, 0.2) is 53.7 Å². The summed E-state index contributed by atoms with van der Waals surface area (Å²) in [7, 11) is -3.90. The summed E-state index contributed by atoms with van der Waals surface area (Å²) < 4.78 is 41.0. The largest absolute Gasteiger partial charge is 0.328 e. The molecule has 136 valence electrons. The summed E-state index contributed by atoms with van der Waals surface area (Å²) in [6.45, 7) is 0. The van der Waals surface area contributed by atoms with E-state index in [4.69, 9.17) is 5.73 Å². The van der Waals surface area contributed by atoms with E-state index in [9.17, 15) is 12.8 Å². The fourth-order valence-electron chi connectivity index (χ4n) is 3.72. The van der Waals surface area contributed by atoms with E-state index in [2.05, 4.69) is 4.98 Å². The highest BCUT2D eigenvalue weighted by molar-refractivity contribution is 7.90. The lowest BCUT2D eigenvalue weighted by atomic mass is 9.82. The second-order valence-corrected chi connectivity index (χ2v) is 8.64. The fourth-order valence-corrected chi connectivity index (χ4v) is 5.12. The number of benzene rings is 1. The smallest absolute Gasteiger partial charge is 0.268 e. The van der Waals surface area contributed by atoms with Gasteiger partial charge in [0.25, 0.3) is 10.0 Å². The van der Waals surface area contributed by atoms with Crippen LogP contribution in [-0.2, 0) is 10.0 Å². The first-order chi connectivity index (χ1) is 12.5. The lowest BCUT2D eigenvalue weighted by molar-refractivity contribution is 0.396. The molecule has 1 saturated carbocycles. The molecule has 0 saturated heterocycles. The minimum absolute atomic E-state index is 0.0736. The Morgan fingerprint density at radius 2 is 1.88 bits per heavy atom. The van der Waals surface area contributed by atoms with Gasteiger partial charge in [0, 0.05) is 24.0 Å². The lowest BCUT2D eigenvalue weighted by Gasteiger charge is -2.25. The van der Waals surface area contributed by atoms with Gasteiger partial charge in [0.1, 0.15) is 5.82 Å². The van der Waals surface area contributed by atoms with Crippen molar-refractivity contribution >= 4 is 21.1 Å². The molecule has 0 amide bonds. The maximum Gasteiger partial charge on any atom is 0.268 e. The van der Waals surface area contributed by atoms with Crippen LogP contribution in [0.2, 0.25) is 0 Å². The summed E-state index contributed by atoms with van der Waals surface area (Å²) in [4.78, 5) is 4.36. The van der Waals surface area contributed by atoms with Gasteiger partial charge < -0.3 is 5.73 Å². The Bertz CT molecular complexity index is 1050. The Kier molecular flexibility index (Phi) is 4.28. The SMILES string of the molecule is NC1CCC(c2cn(S(=O)(=O)c3cccc(F)c3)c3cccnc23)CC1. The number of pyridine rings is 1. The summed E-state index contributed by atoms with van der Waals surface area (Å²) in [6, 6.07) is 8.72. The number of hydrogen-bond donors (Lipinski definition) is 1. The van der Waals surface area contributed by atoms with Crippen molar-refractivity contribution in [1.29, 1.82) is 0 Å². The van der Waals surface area contributed by atoms with Crippen molar-refractivity contribution in [3.8, 4) is 0 Å². The molecular formula is C19H20FN3O2S. The third-order valence-corrected chi connectivity index (χ3v) is 6.79. The van der Waals surface area contributed by atoms with Crippen molar-refractivity contribution in [3.05, 3.63) is 60.2 Å². The van der Waals surface area contributed by atoms with E-state index in [0.29, 0.717) is 11.0 Å². The van der Waals surface area contributed by atoms with Crippen molar-refractivity contribution in [2.45, 2.75) is 42.5 Å². The molecular weight excluding hydrogens is 353 g/mol. The first kappa shape index (κ1) is 17.2. The van der Waals surface area contributed by atoms with E-state index in [1.807, 2.05) is 0 Å². The topological polar surface area (TPSA) is 78.0 Å². The highest BCUT2D eigenvalue weighted by Crippen LogP contribution is 2.37. The van der Waals surface area contributed by atoms with Crippen molar-refractivity contribution in [2.24, 2.45) is 5.73 Å². The zero-order chi connectivity index (χ0) is 18.3. The molecule has 1 aliphatic carbocycles. The maximum absolute atomic E-state index is 13.6. The number of fused-ring (bicyclic) bond motifs is 1. The zero-order valence-corrected chi connectivity index (χ0v) is 15.0. The quantitative estimate of drug-likeness (QED) is 0.763. The van der Waals surface area contributed by atoms with Crippen LogP contribution in [0.3, 0.4) is 0 Å². The van der Waals surface area contributed by atoms with Crippen molar-refractivity contribution in [2.75, 3.05) is 0 Å². The van der Waals surface area contributed by atoms with Crippen LogP contribution in [0, 0.1) is 5.82 Å². The van der Waals surface area contributed by atoms with E-state index >= 15 is 0 Å². The second kappa shape index (κ2) is 6.48. The number of nitrogens with zero attached hydrogens (tertiary/aromatic N) is 2. The van der Waals surface area contributed by atoms with Crippen LogP contribution < -0.4 is 5.73 Å². The van der Waals surface area contributed by atoms with Crippen LogP contribution in [0.5, 0.6) is 0 Å². The van der Waals surface area contributed by atoms with Gasteiger partial charge in [0.2, 0.25) is 0 Å². The average Bonchev–Trinajstić information content (AvgIpc) is 3.03. The highest BCUT2D eigenvalue weighted by atomic mass is 32.2. The van der Waals surface area contributed by atoms with Gasteiger partial charge in [0.05, 0.1) is 15.9 Å². The van der Waals surface area contributed by atoms with E-state index in [1.54, 1.807) is 24.5 Å². The van der Waals surface area contributed by atoms with Crippen molar-refractivity contribution in [3.63, 3.8) is 0 Å². The van der Waals surface area contributed by atoms with Crippen molar-refractivity contribution < 1.29 is 12.8 Å². The van der Waals surface area contributed by atoms with Gasteiger partial charge in [0.15, 0.2) is 0 Å². The molecule has 1 aromatic carbocycles. The van der Waals surface area contributed by atoms with Gasteiger partial charge in [-0.25, -0.2) is 16.8 Å². The molecule has 4 rings (SSSR count). The predicted octanol–water partition coefficient (Wildman–Crippen LogP) is 3.40. The molecule has 0 atom stereocenters. The van der Waals surface area contributed by atoms with Crippen LogP contribution >= 0.6 is 0 Å². The normalized spacial score (nSPS) is 21.2. The molecule has 2 aromatic heterocycles. The maximum atomic E-state index is 13.6. The fraction of sp³-hybridized carbons (Fsp3) is 0.316. The monoisotopic (exact) mass is 373 g/mol. The third-order valence-electron chi connectivity index (χ3n) is 5.12. The van der Waals surface area contributed by atoms with Crippen LogP contribution in [-0.4, -0.2) is 23.4 Å². The Balaban J connectivity index is 1.86. The van der Waals surface area contributed by atoms with Gasteiger partial charge in [-0.05, 0) is 61.9 Å². The Labute approximate surface area is 151 Å². The summed E-state index contributed by atoms with van der Waals surface area (Å²) in [5.74, 6) is -0.349. The van der Waals surface area contributed by atoms with E-state index < -0.39 is 15.8 Å². The molecule has 1 aliphatic rings. The molecule has 0 radical (unpaired) electrons. The number of rotatable bonds is 3. The van der Waals surface area contributed by atoms with Crippen molar-refractivity contribution in [1.82, 2.24) is 8.96 Å². The molecule has 3 aromatic rings. The van der Waals surface area contributed by atoms with Crippen LogP contribution in [0.25, 0.3) is 11.0 Å². The van der Waals surface area contributed by atoms with Gasteiger partial charge in [-0.3, -0.25) is 4.98 Å². The van der Waals surface area contributed by atoms with E-state index in [0.717, 1.165) is 37.3 Å². The second-order valence-electron chi connectivity index (χ2n) is 6.83. The Morgan fingerprint density at radius 1 is 1.12 bits per heavy atom. The molecule has 2 N–H and O–H groups in total. The molecule has 5 nitrogen and oxygen atoms in total. The molecule has 0 unspecified atom stereocenters. The third kappa shape index (κ3) is 2.91. The average molecular weight is 373 g/mol. The first-order valence-electron chi connectivity index (χ1n) is 8.69. The highest BCUT2D eigenvalue weighted by Gasteiger charge is 2.27. The Hall–Kier alpha value is -2.25. The molecule has 0 spiro atoms. The number of nitrogens with two attached hydrogens (primary N) is 1. The first-order valence-corrected chi connectivity index (χ1v) is 10.1. The summed E-state index contributed by atoms with van der Waals surface area (Å²) in [5.41, 5.74) is 8.13. The molecule has 0 aliphatic heterocycles. The zero-order valence-electron chi connectivity index (χ0n) is 14.2. The van der Waals surface area contributed by atoms with E-state index in [-0.39, 0.29) is 16.9 Å². The van der Waals surface area contributed by atoms with Gasteiger partial charge in [-0.15, -0.1) is 0 Å². The van der Waals surface area contributed by atoms with Gasteiger partial charge >= 0.3 is 0 Å². The predicted molar refractivity (Wildman–Crippen MR) is 97.9 cm³/mol. The summed E-state index contributed by atoms with van der Waals surface area (Å²) in [5, 5.41) is 0. The number of hydrogen-bond acceptors (Lipinski definition) is 4. The molecule has 26 heavy (non-hydrogen) atoms. The molecule has 1 fully saturated rings. The Morgan fingerprint density at radius 3 is 2.62 bits per heavy atom. The summed E-state index contributed by atoms with van der Waals surface area (Å²) in [6.07, 6.45) is 6.98. The lowest BCUT2D eigenvalue weighted by Crippen LogP contribution is -2.25. The minimum atomic E-state index is -3.90. The molecule has 2 heterocycles. The van der Waals surface area contributed by atoms with Gasteiger partial charge in [-0.2, -0.15) is 0 Å². The number of aromatic nitrogens is 2. The molecule has 0 bridgehead atoms. The van der Waals surface area contributed by atoms with Crippen LogP contribution in [0.1, 0.15) is 37.2 Å². The van der Waals surface area contributed by atoms with Gasteiger partial charge in [-0.1, -0.05) is 6.07 Å². The van der Waals surface area contributed by atoms with Crippen LogP contribution in [0.4, 0.5) is 4.39 Å². The minimum Gasteiger partial charge on any atom is -0.328 e. The van der Waals surface area contributed by atoms with E-state index in [1.165, 1.54) is 22.2 Å². The standard InChI is InChI=1S/C19H20FN3O2S/c20-14-3-1-4-16(11-14)26(24,25)23-12-17(13-6-8-15(21)9-7-13)19-18(23)5-2-10-22-19/h1-5,10-13,15H,6-9,21H2.